The van der Waals surface area contributed by atoms with Gasteiger partial charge in [-0.1, -0.05) is 30.3 Å². The Morgan fingerprint density at radius 1 is 1.05 bits per heavy atom. The highest BCUT2D eigenvalue weighted by molar-refractivity contribution is 5.28. The molecular weight excluding hydrogens is 241 g/mol. The molecule has 100 valence electrons. The van der Waals surface area contributed by atoms with Gasteiger partial charge in [-0.25, -0.2) is 4.39 Å². The van der Waals surface area contributed by atoms with Gasteiger partial charge < -0.3 is 10.5 Å². The van der Waals surface area contributed by atoms with Crippen LogP contribution in [0.15, 0.2) is 48.5 Å². The number of halogens is 1. The first-order valence-corrected chi connectivity index (χ1v) is 6.31. The second-order valence-electron chi connectivity index (χ2n) is 4.61. The van der Waals surface area contributed by atoms with Gasteiger partial charge in [0.15, 0.2) is 0 Å². The molecule has 2 aromatic rings. The summed E-state index contributed by atoms with van der Waals surface area (Å²) >= 11 is 0. The molecule has 0 fully saturated rings. The van der Waals surface area contributed by atoms with E-state index in [0.717, 1.165) is 17.7 Å². The van der Waals surface area contributed by atoms with Gasteiger partial charge >= 0.3 is 0 Å². The summed E-state index contributed by atoms with van der Waals surface area (Å²) in [6.45, 7) is 0. The summed E-state index contributed by atoms with van der Waals surface area (Å²) in [5, 5.41) is 0. The van der Waals surface area contributed by atoms with E-state index in [1.807, 2.05) is 30.3 Å². The minimum absolute atomic E-state index is 0.0923. The van der Waals surface area contributed by atoms with Gasteiger partial charge in [0.25, 0.3) is 0 Å². The second kappa shape index (κ2) is 6.34. The molecule has 1 atom stereocenters. The Kier molecular flexibility index (Phi) is 4.53. The summed E-state index contributed by atoms with van der Waals surface area (Å²) in [5.74, 6) is 0.638. The maximum absolute atomic E-state index is 13.5. The second-order valence-corrected chi connectivity index (χ2v) is 4.61. The topological polar surface area (TPSA) is 35.2 Å². The van der Waals surface area contributed by atoms with Crippen LogP contribution in [0.2, 0.25) is 0 Å². The molecule has 0 aliphatic rings. The number of rotatable bonds is 5. The fourth-order valence-corrected chi connectivity index (χ4v) is 2.08. The van der Waals surface area contributed by atoms with Crippen molar-refractivity contribution in [1.82, 2.24) is 0 Å². The molecule has 0 aromatic heterocycles. The van der Waals surface area contributed by atoms with Crippen LogP contribution in [-0.2, 0) is 12.8 Å². The summed E-state index contributed by atoms with van der Waals surface area (Å²) in [6.07, 6.45) is 1.26. The van der Waals surface area contributed by atoms with Crippen LogP contribution < -0.4 is 10.5 Å². The first kappa shape index (κ1) is 13.6. The lowest BCUT2D eigenvalue weighted by Crippen LogP contribution is -2.25. The number of hydrogen-bond acceptors (Lipinski definition) is 2. The first-order valence-electron chi connectivity index (χ1n) is 6.31. The lowest BCUT2D eigenvalue weighted by atomic mass is 9.99. The van der Waals surface area contributed by atoms with Gasteiger partial charge in [-0.3, -0.25) is 0 Å². The van der Waals surface area contributed by atoms with Gasteiger partial charge in [0.2, 0.25) is 0 Å². The zero-order valence-electron chi connectivity index (χ0n) is 11.0. The third kappa shape index (κ3) is 3.80. The van der Waals surface area contributed by atoms with E-state index in [0.29, 0.717) is 12.0 Å². The lowest BCUT2D eigenvalue weighted by Gasteiger charge is -2.12. The molecular formula is C16H18FNO. The molecule has 0 amide bonds. The molecule has 0 aliphatic heterocycles. The van der Waals surface area contributed by atoms with E-state index >= 15 is 0 Å². The smallest absolute Gasteiger partial charge is 0.126 e. The normalized spacial score (nSPS) is 12.2. The van der Waals surface area contributed by atoms with Crippen molar-refractivity contribution in [3.05, 3.63) is 65.5 Å². The fraction of sp³-hybridized carbons (Fsp3) is 0.250. The van der Waals surface area contributed by atoms with Crippen LogP contribution in [0.5, 0.6) is 5.75 Å². The van der Waals surface area contributed by atoms with Crippen molar-refractivity contribution in [1.29, 1.82) is 0 Å². The van der Waals surface area contributed by atoms with Crippen molar-refractivity contribution in [2.45, 2.75) is 18.9 Å². The van der Waals surface area contributed by atoms with Gasteiger partial charge in [-0.05, 0) is 42.2 Å². The first-order chi connectivity index (χ1) is 9.19. The minimum atomic E-state index is -0.187. The van der Waals surface area contributed by atoms with Crippen molar-refractivity contribution in [3.8, 4) is 5.75 Å². The van der Waals surface area contributed by atoms with Crippen molar-refractivity contribution in [2.75, 3.05) is 7.11 Å². The molecule has 0 bridgehead atoms. The summed E-state index contributed by atoms with van der Waals surface area (Å²) in [7, 11) is 1.64. The van der Waals surface area contributed by atoms with E-state index in [1.165, 1.54) is 6.07 Å². The summed E-state index contributed by atoms with van der Waals surface area (Å²) in [4.78, 5) is 0. The van der Waals surface area contributed by atoms with Crippen LogP contribution in [0.25, 0.3) is 0 Å². The number of hydrogen-bond donors (Lipinski definition) is 1. The van der Waals surface area contributed by atoms with Crippen LogP contribution in [0.3, 0.4) is 0 Å². The fourth-order valence-electron chi connectivity index (χ4n) is 2.08. The molecule has 0 spiro atoms. The van der Waals surface area contributed by atoms with E-state index in [-0.39, 0.29) is 11.9 Å². The van der Waals surface area contributed by atoms with Crippen LogP contribution in [-0.4, -0.2) is 13.2 Å². The lowest BCUT2D eigenvalue weighted by molar-refractivity contribution is 0.414. The van der Waals surface area contributed by atoms with Crippen molar-refractivity contribution in [3.63, 3.8) is 0 Å². The molecule has 0 radical (unpaired) electrons. The van der Waals surface area contributed by atoms with E-state index < -0.39 is 0 Å². The molecule has 0 saturated heterocycles. The highest BCUT2D eigenvalue weighted by Gasteiger charge is 2.08. The van der Waals surface area contributed by atoms with Gasteiger partial charge in [-0.15, -0.1) is 0 Å². The monoisotopic (exact) mass is 259 g/mol. The number of benzene rings is 2. The van der Waals surface area contributed by atoms with E-state index in [9.17, 15) is 4.39 Å². The molecule has 0 saturated carbocycles. The van der Waals surface area contributed by atoms with Gasteiger partial charge in [0.1, 0.15) is 11.6 Å². The van der Waals surface area contributed by atoms with Gasteiger partial charge in [0, 0.05) is 6.04 Å². The maximum Gasteiger partial charge on any atom is 0.126 e. The van der Waals surface area contributed by atoms with E-state index in [2.05, 4.69) is 0 Å². The Labute approximate surface area is 113 Å². The molecule has 2 nitrogen and oxygen atoms in total. The standard InChI is InChI=1S/C16H18FNO/c1-19-15-8-6-12(7-9-15)10-14(18)11-13-4-2-3-5-16(13)17/h2-9,14H,10-11,18H2,1H3. The third-order valence-corrected chi connectivity index (χ3v) is 3.10. The van der Waals surface area contributed by atoms with Crippen molar-refractivity contribution < 1.29 is 9.13 Å². The molecule has 3 heteroatoms. The van der Waals surface area contributed by atoms with Crippen LogP contribution in [0.4, 0.5) is 4.39 Å². The number of methoxy groups -OCH3 is 1. The van der Waals surface area contributed by atoms with Crippen LogP contribution in [0.1, 0.15) is 11.1 Å². The van der Waals surface area contributed by atoms with Crippen LogP contribution in [0, 0.1) is 5.82 Å². The Balaban J connectivity index is 1.97. The highest BCUT2D eigenvalue weighted by Crippen LogP contribution is 2.14. The predicted octanol–water partition coefficient (Wildman–Crippen LogP) is 2.95. The largest absolute Gasteiger partial charge is 0.497 e. The van der Waals surface area contributed by atoms with E-state index in [1.54, 1.807) is 19.2 Å². The molecule has 2 aromatic carbocycles. The molecule has 1 unspecified atom stereocenters. The summed E-state index contributed by atoms with van der Waals surface area (Å²) in [6, 6.07) is 14.5. The van der Waals surface area contributed by atoms with Crippen molar-refractivity contribution in [2.24, 2.45) is 5.73 Å². The van der Waals surface area contributed by atoms with Gasteiger partial charge in [-0.2, -0.15) is 0 Å². The maximum atomic E-state index is 13.5. The van der Waals surface area contributed by atoms with Crippen LogP contribution >= 0.6 is 0 Å². The Morgan fingerprint density at radius 3 is 2.37 bits per heavy atom. The van der Waals surface area contributed by atoms with E-state index in [4.69, 9.17) is 10.5 Å². The molecule has 0 aliphatic carbocycles. The average Bonchev–Trinajstić information content (AvgIpc) is 2.42. The SMILES string of the molecule is COc1ccc(CC(N)Cc2ccccc2F)cc1. The Bertz CT molecular complexity index is 525. The predicted molar refractivity (Wildman–Crippen MR) is 74.8 cm³/mol. The molecule has 2 rings (SSSR count). The Hall–Kier alpha value is -1.87. The van der Waals surface area contributed by atoms with Crippen molar-refractivity contribution >= 4 is 0 Å². The summed E-state index contributed by atoms with van der Waals surface area (Å²) in [5.41, 5.74) is 7.88. The molecule has 0 heterocycles. The minimum Gasteiger partial charge on any atom is -0.497 e. The number of nitrogens with two attached hydrogens (primary N) is 1. The Morgan fingerprint density at radius 2 is 1.74 bits per heavy atom. The average molecular weight is 259 g/mol. The zero-order valence-corrected chi connectivity index (χ0v) is 11.0. The van der Waals surface area contributed by atoms with Gasteiger partial charge in [0.05, 0.1) is 7.11 Å². The summed E-state index contributed by atoms with van der Waals surface area (Å²) < 4.78 is 18.6. The highest BCUT2D eigenvalue weighted by atomic mass is 19.1. The number of ether oxygens (including phenoxy) is 1. The molecule has 2 N–H and O–H groups in total. The quantitative estimate of drug-likeness (QED) is 0.896. The third-order valence-electron chi connectivity index (χ3n) is 3.10. The molecule has 19 heavy (non-hydrogen) atoms. The zero-order chi connectivity index (χ0) is 13.7.